The van der Waals surface area contributed by atoms with Gasteiger partial charge >= 0.3 is 0 Å². The van der Waals surface area contributed by atoms with Crippen LogP contribution in [0.1, 0.15) is 34.1 Å². The monoisotopic (exact) mass is 216 g/mol. The third-order valence-electron chi connectivity index (χ3n) is 3.30. The maximum atomic E-state index is 6.21. The quantitative estimate of drug-likeness (QED) is 0.532. The van der Waals surface area contributed by atoms with E-state index in [1.807, 2.05) is 0 Å². The highest BCUT2D eigenvalue weighted by Crippen LogP contribution is 2.38. The van der Waals surface area contributed by atoms with Gasteiger partial charge in [-0.15, -0.1) is 0 Å². The molecule has 0 saturated carbocycles. The molecule has 0 spiro atoms. The van der Waals surface area contributed by atoms with Gasteiger partial charge in [0.05, 0.1) is 12.7 Å². The van der Waals surface area contributed by atoms with Gasteiger partial charge in [0, 0.05) is 12.5 Å². The zero-order valence-electron chi connectivity index (χ0n) is 10.4. The Morgan fingerprint density at radius 1 is 1.43 bits per heavy atom. The van der Waals surface area contributed by atoms with E-state index in [1.165, 1.54) is 0 Å². The van der Waals surface area contributed by atoms with E-state index in [1.54, 1.807) is 0 Å². The van der Waals surface area contributed by atoms with Crippen LogP contribution in [0.25, 0.3) is 0 Å². The Balaban J connectivity index is 2.39. The molecule has 1 aliphatic rings. The summed E-state index contributed by atoms with van der Waals surface area (Å²) in [5.74, 6) is 0. The smallest absolute Gasteiger partial charge is 0.192 e. The number of rotatable bonds is 4. The van der Waals surface area contributed by atoms with Crippen molar-refractivity contribution in [1.82, 2.24) is 0 Å². The lowest BCUT2D eigenvalue weighted by Gasteiger charge is -2.38. The van der Waals surface area contributed by atoms with Gasteiger partial charge in [0.25, 0.3) is 0 Å². The molecule has 1 heterocycles. The normalized spacial score (nSPS) is 24.9. The van der Waals surface area contributed by atoms with E-state index in [0.717, 1.165) is 13.0 Å². The van der Waals surface area contributed by atoms with Crippen molar-refractivity contribution in [2.45, 2.75) is 64.5 Å². The third kappa shape index (κ3) is 3.37. The first-order valence-electron chi connectivity index (χ1n) is 5.52. The van der Waals surface area contributed by atoms with Crippen LogP contribution >= 0.6 is 0 Å². The van der Waals surface area contributed by atoms with Gasteiger partial charge in [-0.25, -0.2) is 0 Å². The zero-order chi connectivity index (χ0) is 11.0. The Labute approximate surface area is 89.1 Å². The number of hydrogen-bond acceptors (Lipinski definition) is 2. The molecule has 0 aromatic heterocycles. The van der Waals surface area contributed by atoms with Gasteiger partial charge < -0.3 is 9.16 Å². The minimum Gasteiger partial charge on any atom is -0.414 e. The molecule has 1 fully saturated rings. The van der Waals surface area contributed by atoms with Crippen LogP contribution in [-0.4, -0.2) is 27.1 Å². The standard InChI is InChI=1S/C11H24O2Si/c1-9(7-10-8-12-10)13-14(5,6)11(2,3)4/h9-10H,7-8H2,1-6H3/t9-,10-/m1/s1. The topological polar surface area (TPSA) is 21.8 Å². The lowest BCUT2D eigenvalue weighted by molar-refractivity contribution is 0.175. The van der Waals surface area contributed by atoms with Crippen LogP contribution in [0, 0.1) is 0 Å². The van der Waals surface area contributed by atoms with Gasteiger partial charge in [-0.2, -0.15) is 0 Å². The molecular weight excluding hydrogens is 192 g/mol. The second kappa shape index (κ2) is 3.95. The van der Waals surface area contributed by atoms with Crippen molar-refractivity contribution in [2.75, 3.05) is 6.61 Å². The summed E-state index contributed by atoms with van der Waals surface area (Å²) in [6.07, 6.45) is 1.89. The molecule has 2 nitrogen and oxygen atoms in total. The molecule has 0 amide bonds. The highest BCUT2D eigenvalue weighted by molar-refractivity contribution is 6.74. The predicted molar refractivity (Wildman–Crippen MR) is 62.1 cm³/mol. The maximum absolute atomic E-state index is 6.21. The first kappa shape index (κ1) is 12.2. The number of hydrogen-bond donors (Lipinski definition) is 0. The highest BCUT2D eigenvalue weighted by atomic mass is 28.4. The minimum atomic E-state index is -1.56. The van der Waals surface area contributed by atoms with Gasteiger partial charge in [-0.05, 0) is 25.1 Å². The lowest BCUT2D eigenvalue weighted by Crippen LogP contribution is -2.43. The van der Waals surface area contributed by atoms with Crippen molar-refractivity contribution in [1.29, 1.82) is 0 Å². The van der Waals surface area contributed by atoms with Crippen LogP contribution in [0.15, 0.2) is 0 Å². The Morgan fingerprint density at radius 3 is 2.29 bits per heavy atom. The van der Waals surface area contributed by atoms with Crippen LogP contribution in [0.3, 0.4) is 0 Å². The summed E-state index contributed by atoms with van der Waals surface area (Å²) in [6, 6.07) is 0. The van der Waals surface area contributed by atoms with Crippen LogP contribution in [-0.2, 0) is 9.16 Å². The van der Waals surface area contributed by atoms with Gasteiger partial charge in [0.2, 0.25) is 0 Å². The third-order valence-corrected chi connectivity index (χ3v) is 7.90. The van der Waals surface area contributed by atoms with Crippen molar-refractivity contribution in [3.63, 3.8) is 0 Å². The largest absolute Gasteiger partial charge is 0.414 e. The van der Waals surface area contributed by atoms with E-state index in [2.05, 4.69) is 40.8 Å². The molecule has 0 aromatic carbocycles. The summed E-state index contributed by atoms with van der Waals surface area (Å²) in [7, 11) is -1.56. The van der Waals surface area contributed by atoms with Crippen molar-refractivity contribution < 1.29 is 9.16 Å². The van der Waals surface area contributed by atoms with E-state index in [0.29, 0.717) is 17.2 Å². The van der Waals surface area contributed by atoms with Gasteiger partial charge in [0.1, 0.15) is 0 Å². The number of ether oxygens (including phenoxy) is 1. The summed E-state index contributed by atoms with van der Waals surface area (Å²) >= 11 is 0. The van der Waals surface area contributed by atoms with Gasteiger partial charge in [-0.1, -0.05) is 20.8 Å². The van der Waals surface area contributed by atoms with Crippen molar-refractivity contribution in [3.8, 4) is 0 Å². The number of epoxide rings is 1. The molecule has 84 valence electrons. The van der Waals surface area contributed by atoms with Crippen molar-refractivity contribution >= 4 is 8.32 Å². The summed E-state index contributed by atoms with van der Waals surface area (Å²) in [4.78, 5) is 0. The molecule has 0 N–H and O–H groups in total. The molecule has 2 atom stereocenters. The summed E-state index contributed by atoms with van der Waals surface area (Å²) < 4.78 is 11.4. The Bertz CT molecular complexity index is 192. The molecule has 0 aliphatic carbocycles. The van der Waals surface area contributed by atoms with E-state index in [9.17, 15) is 0 Å². The van der Waals surface area contributed by atoms with Crippen LogP contribution in [0.5, 0.6) is 0 Å². The second-order valence-electron chi connectivity index (χ2n) is 5.88. The zero-order valence-corrected chi connectivity index (χ0v) is 11.4. The summed E-state index contributed by atoms with van der Waals surface area (Å²) in [5.41, 5.74) is 0. The maximum Gasteiger partial charge on any atom is 0.192 e. The lowest BCUT2D eigenvalue weighted by atomic mass is 10.2. The first-order valence-corrected chi connectivity index (χ1v) is 8.42. The Hall–Kier alpha value is 0.137. The molecule has 0 aromatic rings. The molecule has 1 saturated heterocycles. The molecule has 0 unspecified atom stereocenters. The van der Waals surface area contributed by atoms with Crippen LogP contribution in [0.2, 0.25) is 18.1 Å². The molecule has 1 aliphatic heterocycles. The molecule has 3 heteroatoms. The predicted octanol–water partition coefficient (Wildman–Crippen LogP) is 3.19. The van der Waals surface area contributed by atoms with Gasteiger partial charge in [0.15, 0.2) is 8.32 Å². The molecular formula is C11H24O2Si. The van der Waals surface area contributed by atoms with Crippen LogP contribution < -0.4 is 0 Å². The summed E-state index contributed by atoms with van der Waals surface area (Å²) in [5, 5.41) is 0.311. The van der Waals surface area contributed by atoms with E-state index in [-0.39, 0.29) is 0 Å². The SMILES string of the molecule is C[C@H](C[C@@H]1CO1)O[Si](C)(C)C(C)(C)C. The fourth-order valence-corrected chi connectivity index (χ4v) is 2.76. The highest BCUT2D eigenvalue weighted by Gasteiger charge is 2.39. The summed E-state index contributed by atoms with van der Waals surface area (Å²) in [6.45, 7) is 14.5. The fraction of sp³-hybridized carbons (Fsp3) is 1.00. The van der Waals surface area contributed by atoms with Crippen molar-refractivity contribution in [3.05, 3.63) is 0 Å². The molecule has 0 bridgehead atoms. The van der Waals surface area contributed by atoms with Crippen molar-refractivity contribution in [2.24, 2.45) is 0 Å². The molecule has 1 rings (SSSR count). The van der Waals surface area contributed by atoms with Crippen LogP contribution in [0.4, 0.5) is 0 Å². The molecule has 14 heavy (non-hydrogen) atoms. The first-order chi connectivity index (χ1) is 6.22. The van der Waals surface area contributed by atoms with E-state index in [4.69, 9.17) is 9.16 Å². The minimum absolute atomic E-state index is 0.311. The van der Waals surface area contributed by atoms with Gasteiger partial charge in [-0.3, -0.25) is 0 Å². The Morgan fingerprint density at radius 2 is 1.93 bits per heavy atom. The molecule has 0 radical (unpaired) electrons. The van der Waals surface area contributed by atoms with E-state index >= 15 is 0 Å². The average Bonchev–Trinajstić information content (AvgIpc) is 2.66. The fourth-order valence-electron chi connectivity index (χ4n) is 1.30. The Kier molecular flexibility index (Phi) is 3.44. The van der Waals surface area contributed by atoms with E-state index < -0.39 is 8.32 Å². The second-order valence-corrected chi connectivity index (χ2v) is 10.6. The average molecular weight is 216 g/mol.